The molecule has 0 aromatic rings. The van der Waals surface area contributed by atoms with Gasteiger partial charge < -0.3 is 15.1 Å². The zero-order valence-corrected chi connectivity index (χ0v) is 7.99. The van der Waals surface area contributed by atoms with Crippen molar-refractivity contribution in [3.05, 3.63) is 0 Å². The van der Waals surface area contributed by atoms with Crippen molar-refractivity contribution in [2.45, 2.75) is 13.3 Å². The summed E-state index contributed by atoms with van der Waals surface area (Å²) in [5.41, 5.74) is 0. The normalized spacial score (nSPS) is 13.0. The average Bonchev–Trinajstić information content (AvgIpc) is 2.11. The van der Waals surface area contributed by atoms with Crippen LogP contribution in [0.4, 0.5) is 8.78 Å². The van der Waals surface area contributed by atoms with Gasteiger partial charge >= 0.3 is 0 Å². The number of aliphatic hydroxyl groups excluding tert-OH is 2. The highest BCUT2D eigenvalue weighted by molar-refractivity contribution is 5.73. The molecule has 1 amide bonds. The second-order valence-corrected chi connectivity index (χ2v) is 2.97. The van der Waals surface area contributed by atoms with Crippen LogP contribution in [0, 0.1) is 5.92 Å². The van der Waals surface area contributed by atoms with E-state index in [1.165, 1.54) is 6.92 Å². The number of carbonyl (C=O) groups excluding carboxylic acids is 1. The summed E-state index contributed by atoms with van der Waals surface area (Å²) in [5, 5.41) is 17.2. The molecule has 4 nitrogen and oxygen atoms in total. The van der Waals surface area contributed by atoms with Crippen molar-refractivity contribution in [3.8, 4) is 0 Å². The van der Waals surface area contributed by atoms with Crippen LogP contribution in [0.15, 0.2) is 0 Å². The second-order valence-electron chi connectivity index (χ2n) is 2.97. The predicted molar refractivity (Wildman–Crippen MR) is 45.9 cm³/mol. The van der Waals surface area contributed by atoms with Crippen LogP contribution in [0.25, 0.3) is 0 Å². The maximum atomic E-state index is 12.2. The quantitative estimate of drug-likeness (QED) is 0.634. The second kappa shape index (κ2) is 6.67. The highest BCUT2D eigenvalue weighted by Crippen LogP contribution is 2.11. The van der Waals surface area contributed by atoms with E-state index >= 15 is 0 Å². The van der Waals surface area contributed by atoms with Gasteiger partial charge in [-0.25, -0.2) is 8.78 Å². The number of halogens is 2. The first-order chi connectivity index (χ1) is 6.52. The molecule has 1 unspecified atom stereocenters. The predicted octanol–water partition coefficient (Wildman–Crippen LogP) is -0.299. The summed E-state index contributed by atoms with van der Waals surface area (Å²) in [7, 11) is 0. The molecule has 0 aliphatic heterocycles. The van der Waals surface area contributed by atoms with Gasteiger partial charge in [0.1, 0.15) is 0 Å². The molecule has 0 aromatic heterocycles. The first-order valence-corrected chi connectivity index (χ1v) is 4.28. The van der Waals surface area contributed by atoms with Gasteiger partial charge in [-0.1, -0.05) is 0 Å². The van der Waals surface area contributed by atoms with Gasteiger partial charge in [-0.3, -0.25) is 4.79 Å². The number of aliphatic hydroxyl groups is 2. The Balaban J connectivity index is 4.18. The summed E-state index contributed by atoms with van der Waals surface area (Å²) in [5.74, 6) is -1.64. The Labute approximate surface area is 81.1 Å². The molecule has 0 aliphatic rings. The fourth-order valence-electron chi connectivity index (χ4n) is 0.998. The van der Waals surface area contributed by atoms with E-state index < -0.39 is 24.9 Å². The van der Waals surface area contributed by atoms with Crippen LogP contribution in [0.2, 0.25) is 0 Å². The largest absolute Gasteiger partial charge is 0.396 e. The third kappa shape index (κ3) is 4.48. The highest BCUT2D eigenvalue weighted by Gasteiger charge is 2.23. The first-order valence-electron chi connectivity index (χ1n) is 4.28. The molecule has 0 bridgehead atoms. The van der Waals surface area contributed by atoms with Gasteiger partial charge in [0, 0.05) is 20.0 Å². The van der Waals surface area contributed by atoms with Gasteiger partial charge in [0.25, 0.3) is 0 Å². The molecule has 6 heteroatoms. The summed E-state index contributed by atoms with van der Waals surface area (Å²) in [6.07, 6.45) is -2.67. The van der Waals surface area contributed by atoms with Gasteiger partial charge in [-0.2, -0.15) is 0 Å². The minimum absolute atomic E-state index is 0.0125. The molecule has 0 saturated carbocycles. The van der Waals surface area contributed by atoms with E-state index in [0.717, 1.165) is 4.90 Å². The lowest BCUT2D eigenvalue weighted by Crippen LogP contribution is -2.39. The van der Waals surface area contributed by atoms with E-state index in [0.29, 0.717) is 0 Å². The fraction of sp³-hybridized carbons (Fsp3) is 0.875. The van der Waals surface area contributed by atoms with E-state index in [9.17, 15) is 13.6 Å². The van der Waals surface area contributed by atoms with Gasteiger partial charge in [0.05, 0.1) is 19.1 Å². The lowest BCUT2D eigenvalue weighted by Gasteiger charge is -2.24. The summed E-state index contributed by atoms with van der Waals surface area (Å²) >= 11 is 0. The number of hydrogen-bond donors (Lipinski definition) is 2. The molecule has 14 heavy (non-hydrogen) atoms. The molecule has 0 saturated heterocycles. The Morgan fingerprint density at radius 2 is 2.00 bits per heavy atom. The SMILES string of the molecule is CC(=O)N(CCO)CC(CO)C(F)F. The third-order valence-electron chi connectivity index (χ3n) is 1.86. The van der Waals surface area contributed by atoms with Gasteiger partial charge in [-0.15, -0.1) is 0 Å². The fourth-order valence-corrected chi connectivity index (χ4v) is 0.998. The third-order valence-corrected chi connectivity index (χ3v) is 1.86. The van der Waals surface area contributed by atoms with Gasteiger partial charge in [-0.05, 0) is 0 Å². The molecule has 84 valence electrons. The Morgan fingerprint density at radius 3 is 2.29 bits per heavy atom. The number of rotatable bonds is 6. The molecule has 0 aliphatic carbocycles. The Bertz CT molecular complexity index is 178. The van der Waals surface area contributed by atoms with Gasteiger partial charge in [0.15, 0.2) is 0 Å². The van der Waals surface area contributed by atoms with Crippen molar-refractivity contribution in [3.63, 3.8) is 0 Å². The van der Waals surface area contributed by atoms with Gasteiger partial charge in [0.2, 0.25) is 12.3 Å². The number of hydrogen-bond acceptors (Lipinski definition) is 3. The molecule has 0 rings (SSSR count). The number of alkyl halides is 2. The van der Waals surface area contributed by atoms with E-state index in [1.54, 1.807) is 0 Å². The van der Waals surface area contributed by atoms with E-state index in [-0.39, 0.29) is 19.7 Å². The highest BCUT2D eigenvalue weighted by atomic mass is 19.3. The number of amides is 1. The first kappa shape index (κ1) is 13.2. The van der Waals surface area contributed by atoms with Crippen LogP contribution in [-0.4, -0.2) is 53.7 Å². The molecule has 1 atom stereocenters. The lowest BCUT2D eigenvalue weighted by molar-refractivity contribution is -0.131. The van der Waals surface area contributed by atoms with Crippen LogP contribution < -0.4 is 0 Å². The minimum atomic E-state index is -2.67. The molecular formula is C8H15F2NO3. The molecule has 0 radical (unpaired) electrons. The summed E-state index contributed by atoms with van der Waals surface area (Å²) in [6.45, 7) is 0.0615. The van der Waals surface area contributed by atoms with Crippen molar-refractivity contribution >= 4 is 5.91 Å². The van der Waals surface area contributed by atoms with Crippen molar-refractivity contribution in [1.29, 1.82) is 0 Å². The summed E-state index contributed by atoms with van der Waals surface area (Å²) in [4.78, 5) is 12.0. The molecule has 0 heterocycles. The number of carbonyl (C=O) groups is 1. The summed E-state index contributed by atoms with van der Waals surface area (Å²) in [6, 6.07) is 0. The summed E-state index contributed by atoms with van der Waals surface area (Å²) < 4.78 is 24.4. The lowest BCUT2D eigenvalue weighted by atomic mass is 10.1. The number of nitrogens with zero attached hydrogens (tertiary/aromatic N) is 1. The van der Waals surface area contributed by atoms with Crippen molar-refractivity contribution in [2.24, 2.45) is 5.92 Å². The smallest absolute Gasteiger partial charge is 0.245 e. The van der Waals surface area contributed by atoms with Crippen LogP contribution in [0.5, 0.6) is 0 Å². The van der Waals surface area contributed by atoms with E-state index in [1.807, 2.05) is 0 Å². The van der Waals surface area contributed by atoms with Crippen molar-refractivity contribution in [1.82, 2.24) is 4.90 Å². The van der Waals surface area contributed by atoms with Crippen molar-refractivity contribution in [2.75, 3.05) is 26.3 Å². The van der Waals surface area contributed by atoms with Crippen LogP contribution in [0.3, 0.4) is 0 Å². The van der Waals surface area contributed by atoms with E-state index in [2.05, 4.69) is 0 Å². The topological polar surface area (TPSA) is 60.8 Å². The molecular weight excluding hydrogens is 196 g/mol. The molecule has 0 aromatic carbocycles. The Hall–Kier alpha value is -0.750. The van der Waals surface area contributed by atoms with Crippen LogP contribution in [0.1, 0.15) is 6.92 Å². The molecule has 0 fully saturated rings. The zero-order valence-electron chi connectivity index (χ0n) is 7.99. The Kier molecular flexibility index (Phi) is 6.31. The maximum absolute atomic E-state index is 12.2. The molecule has 2 N–H and O–H groups in total. The molecule has 0 spiro atoms. The van der Waals surface area contributed by atoms with E-state index in [4.69, 9.17) is 10.2 Å². The average molecular weight is 211 g/mol. The maximum Gasteiger partial charge on any atom is 0.245 e. The van der Waals surface area contributed by atoms with Crippen LogP contribution in [-0.2, 0) is 4.79 Å². The monoisotopic (exact) mass is 211 g/mol. The zero-order chi connectivity index (χ0) is 11.1. The van der Waals surface area contributed by atoms with Crippen molar-refractivity contribution < 1.29 is 23.8 Å². The minimum Gasteiger partial charge on any atom is -0.396 e. The Morgan fingerprint density at radius 1 is 1.43 bits per heavy atom. The standard InChI is InChI=1S/C8H15F2NO3/c1-6(14)11(2-3-12)4-7(5-13)8(9)10/h7-8,12-13H,2-5H2,1H3. The van der Waals surface area contributed by atoms with Crippen LogP contribution >= 0.6 is 0 Å².